The third kappa shape index (κ3) is 4.05. The summed E-state index contributed by atoms with van der Waals surface area (Å²) < 4.78 is 0. The molecule has 2 rings (SSSR count). The highest BCUT2D eigenvalue weighted by Crippen LogP contribution is 2.21. The van der Waals surface area contributed by atoms with Crippen LogP contribution in [0.1, 0.15) is 44.2 Å². The molecule has 1 atom stereocenters. The van der Waals surface area contributed by atoms with Gasteiger partial charge in [-0.15, -0.1) is 0 Å². The molecule has 2 nitrogen and oxygen atoms in total. The minimum atomic E-state index is 0.699. The third-order valence-corrected chi connectivity index (χ3v) is 4.11. The van der Waals surface area contributed by atoms with Crippen molar-refractivity contribution in [3.63, 3.8) is 0 Å². The van der Waals surface area contributed by atoms with E-state index in [0.717, 1.165) is 19.6 Å². The van der Waals surface area contributed by atoms with Crippen LogP contribution in [0, 0.1) is 0 Å². The fourth-order valence-corrected chi connectivity index (χ4v) is 3.02. The minimum Gasteiger partial charge on any atom is -0.315 e. The predicted molar refractivity (Wildman–Crippen MR) is 82.4 cm³/mol. The van der Waals surface area contributed by atoms with Gasteiger partial charge in [-0.05, 0) is 36.9 Å². The quantitative estimate of drug-likeness (QED) is 0.757. The minimum absolute atomic E-state index is 0.699. The van der Waals surface area contributed by atoms with Gasteiger partial charge in [0.05, 0.1) is 0 Å². The molecule has 0 spiro atoms. The molecule has 1 N–H and O–H groups in total. The molecule has 0 saturated heterocycles. The van der Waals surface area contributed by atoms with Crippen molar-refractivity contribution in [2.75, 3.05) is 19.6 Å². The monoisotopic (exact) mass is 260 g/mol. The Labute approximate surface area is 118 Å². The Morgan fingerprint density at radius 2 is 1.95 bits per heavy atom. The fourth-order valence-electron chi connectivity index (χ4n) is 3.02. The van der Waals surface area contributed by atoms with E-state index in [0.29, 0.717) is 6.04 Å². The molecule has 1 aromatic rings. The average Bonchev–Trinajstić information content (AvgIpc) is 2.46. The van der Waals surface area contributed by atoms with Crippen LogP contribution < -0.4 is 5.32 Å². The van der Waals surface area contributed by atoms with E-state index in [4.69, 9.17) is 0 Å². The molecule has 19 heavy (non-hydrogen) atoms. The third-order valence-electron chi connectivity index (χ3n) is 4.11. The molecule has 0 radical (unpaired) electrons. The van der Waals surface area contributed by atoms with Crippen molar-refractivity contribution in [3.8, 4) is 0 Å². The van der Waals surface area contributed by atoms with Crippen LogP contribution >= 0.6 is 0 Å². The van der Waals surface area contributed by atoms with Crippen LogP contribution in [-0.2, 0) is 13.0 Å². The topological polar surface area (TPSA) is 15.3 Å². The van der Waals surface area contributed by atoms with Gasteiger partial charge in [0.25, 0.3) is 0 Å². The van der Waals surface area contributed by atoms with E-state index < -0.39 is 0 Å². The first-order valence-corrected chi connectivity index (χ1v) is 7.86. The van der Waals surface area contributed by atoms with Crippen LogP contribution in [0.25, 0.3) is 0 Å². The zero-order valence-electron chi connectivity index (χ0n) is 12.5. The van der Waals surface area contributed by atoms with E-state index in [1.54, 1.807) is 5.56 Å². The van der Waals surface area contributed by atoms with Crippen LogP contribution in [-0.4, -0.2) is 30.6 Å². The molecule has 0 aliphatic carbocycles. The standard InChI is InChI=1S/C17H28N2/c1-3-7-17(13-18-11-4-2)19-12-10-15-8-5-6-9-16(15)14-19/h5-6,8-9,17-18H,3-4,7,10-14H2,1-2H3. The van der Waals surface area contributed by atoms with E-state index in [1.807, 2.05) is 0 Å². The smallest absolute Gasteiger partial charge is 0.0240 e. The first-order valence-electron chi connectivity index (χ1n) is 7.86. The Bertz CT molecular complexity index is 375. The lowest BCUT2D eigenvalue weighted by atomic mass is 9.97. The maximum Gasteiger partial charge on any atom is 0.0240 e. The molecule has 1 aromatic carbocycles. The van der Waals surface area contributed by atoms with Crippen molar-refractivity contribution >= 4 is 0 Å². The number of hydrogen-bond acceptors (Lipinski definition) is 2. The first kappa shape index (κ1) is 14.5. The summed E-state index contributed by atoms with van der Waals surface area (Å²) >= 11 is 0. The summed E-state index contributed by atoms with van der Waals surface area (Å²) in [6.07, 6.45) is 5.02. The molecule has 0 bridgehead atoms. The van der Waals surface area contributed by atoms with Crippen LogP contribution in [0.15, 0.2) is 24.3 Å². The summed E-state index contributed by atoms with van der Waals surface area (Å²) in [6.45, 7) is 9.17. The van der Waals surface area contributed by atoms with Crippen LogP contribution in [0.3, 0.4) is 0 Å². The number of nitrogens with one attached hydrogen (secondary N) is 1. The molecule has 1 unspecified atom stereocenters. The van der Waals surface area contributed by atoms with E-state index in [9.17, 15) is 0 Å². The lowest BCUT2D eigenvalue weighted by Gasteiger charge is -2.36. The molecule has 0 aromatic heterocycles. The number of benzene rings is 1. The molecule has 0 fully saturated rings. The van der Waals surface area contributed by atoms with E-state index in [-0.39, 0.29) is 0 Å². The van der Waals surface area contributed by atoms with Crippen LogP contribution in [0.2, 0.25) is 0 Å². The lowest BCUT2D eigenvalue weighted by Crippen LogP contribution is -2.44. The molecular formula is C17H28N2. The second kappa shape index (κ2) is 7.66. The zero-order valence-corrected chi connectivity index (χ0v) is 12.5. The van der Waals surface area contributed by atoms with E-state index in [2.05, 4.69) is 48.3 Å². The SMILES string of the molecule is CCCNCC(CCC)N1CCc2ccccc2C1. The van der Waals surface area contributed by atoms with Crippen molar-refractivity contribution in [3.05, 3.63) is 35.4 Å². The summed E-state index contributed by atoms with van der Waals surface area (Å²) in [4.78, 5) is 2.68. The average molecular weight is 260 g/mol. The number of nitrogens with zero attached hydrogens (tertiary/aromatic N) is 1. The van der Waals surface area contributed by atoms with Gasteiger partial charge < -0.3 is 5.32 Å². The Hall–Kier alpha value is -0.860. The molecule has 1 aliphatic heterocycles. The van der Waals surface area contributed by atoms with Gasteiger partial charge in [0.1, 0.15) is 0 Å². The zero-order chi connectivity index (χ0) is 13.5. The Balaban J connectivity index is 1.95. The first-order chi connectivity index (χ1) is 9.35. The van der Waals surface area contributed by atoms with Gasteiger partial charge in [-0.25, -0.2) is 0 Å². The number of rotatable bonds is 7. The van der Waals surface area contributed by atoms with Crippen molar-refractivity contribution in [1.82, 2.24) is 10.2 Å². The van der Waals surface area contributed by atoms with Gasteiger partial charge in [-0.3, -0.25) is 4.90 Å². The number of fused-ring (bicyclic) bond motifs is 1. The van der Waals surface area contributed by atoms with Gasteiger partial charge in [-0.1, -0.05) is 44.5 Å². The fraction of sp³-hybridized carbons (Fsp3) is 0.647. The van der Waals surface area contributed by atoms with Gasteiger partial charge in [0.2, 0.25) is 0 Å². The summed E-state index contributed by atoms with van der Waals surface area (Å²) in [5.41, 5.74) is 3.08. The van der Waals surface area contributed by atoms with E-state index in [1.165, 1.54) is 37.8 Å². The maximum absolute atomic E-state index is 3.60. The summed E-state index contributed by atoms with van der Waals surface area (Å²) in [7, 11) is 0. The summed E-state index contributed by atoms with van der Waals surface area (Å²) in [5.74, 6) is 0. The van der Waals surface area contributed by atoms with Crippen molar-refractivity contribution in [1.29, 1.82) is 0 Å². The summed E-state index contributed by atoms with van der Waals surface area (Å²) in [5, 5.41) is 3.60. The molecule has 1 aliphatic rings. The predicted octanol–water partition coefficient (Wildman–Crippen LogP) is 3.21. The van der Waals surface area contributed by atoms with Gasteiger partial charge in [0, 0.05) is 25.7 Å². The van der Waals surface area contributed by atoms with Gasteiger partial charge >= 0.3 is 0 Å². The van der Waals surface area contributed by atoms with Gasteiger partial charge in [0.15, 0.2) is 0 Å². The van der Waals surface area contributed by atoms with Crippen molar-refractivity contribution in [2.45, 2.75) is 52.1 Å². The number of hydrogen-bond donors (Lipinski definition) is 1. The molecular weight excluding hydrogens is 232 g/mol. The molecule has 0 amide bonds. The normalized spacial score (nSPS) is 17.2. The Morgan fingerprint density at radius 1 is 1.16 bits per heavy atom. The van der Waals surface area contributed by atoms with Crippen molar-refractivity contribution < 1.29 is 0 Å². The Morgan fingerprint density at radius 3 is 2.68 bits per heavy atom. The highest BCUT2D eigenvalue weighted by molar-refractivity contribution is 5.29. The van der Waals surface area contributed by atoms with Crippen molar-refractivity contribution in [2.24, 2.45) is 0 Å². The molecule has 2 heteroatoms. The lowest BCUT2D eigenvalue weighted by molar-refractivity contribution is 0.165. The van der Waals surface area contributed by atoms with Gasteiger partial charge in [-0.2, -0.15) is 0 Å². The second-order valence-corrected chi connectivity index (χ2v) is 5.64. The highest BCUT2D eigenvalue weighted by atomic mass is 15.2. The molecule has 0 saturated carbocycles. The van der Waals surface area contributed by atoms with Crippen LogP contribution in [0.5, 0.6) is 0 Å². The Kier molecular flexibility index (Phi) is 5.87. The van der Waals surface area contributed by atoms with E-state index >= 15 is 0 Å². The second-order valence-electron chi connectivity index (χ2n) is 5.64. The van der Waals surface area contributed by atoms with Crippen LogP contribution in [0.4, 0.5) is 0 Å². The largest absolute Gasteiger partial charge is 0.315 e. The molecule has 1 heterocycles. The highest BCUT2D eigenvalue weighted by Gasteiger charge is 2.22. The maximum atomic E-state index is 3.60. The summed E-state index contributed by atoms with van der Waals surface area (Å²) in [6, 6.07) is 9.62. The molecule has 106 valence electrons.